The SMILES string of the molecule is Cc1ccc(Cl)cc1N[C@H]1CCCC[C@@H]1O. The molecule has 0 radical (unpaired) electrons. The number of hydrogen-bond acceptors (Lipinski definition) is 2. The highest BCUT2D eigenvalue weighted by Crippen LogP contribution is 2.26. The molecule has 1 aliphatic carbocycles. The van der Waals surface area contributed by atoms with Gasteiger partial charge in [-0.3, -0.25) is 0 Å². The lowest BCUT2D eigenvalue weighted by atomic mass is 9.92. The Labute approximate surface area is 102 Å². The van der Waals surface area contributed by atoms with E-state index in [0.717, 1.165) is 30.0 Å². The molecule has 88 valence electrons. The summed E-state index contributed by atoms with van der Waals surface area (Å²) >= 11 is 5.97. The second-order valence-electron chi connectivity index (χ2n) is 4.56. The highest BCUT2D eigenvalue weighted by Gasteiger charge is 2.22. The van der Waals surface area contributed by atoms with Gasteiger partial charge in [-0.15, -0.1) is 0 Å². The van der Waals surface area contributed by atoms with Gasteiger partial charge in [0.25, 0.3) is 0 Å². The summed E-state index contributed by atoms with van der Waals surface area (Å²) in [5.41, 5.74) is 2.21. The number of halogens is 1. The Morgan fingerprint density at radius 2 is 2.06 bits per heavy atom. The zero-order valence-corrected chi connectivity index (χ0v) is 10.3. The average molecular weight is 240 g/mol. The van der Waals surface area contributed by atoms with E-state index in [9.17, 15) is 5.11 Å². The molecule has 0 aromatic heterocycles. The summed E-state index contributed by atoms with van der Waals surface area (Å²) in [6, 6.07) is 5.99. The fourth-order valence-electron chi connectivity index (χ4n) is 2.23. The molecule has 2 nitrogen and oxygen atoms in total. The minimum atomic E-state index is -0.230. The van der Waals surface area contributed by atoms with Crippen LogP contribution in [0.2, 0.25) is 5.02 Å². The fourth-order valence-corrected chi connectivity index (χ4v) is 2.40. The first kappa shape index (κ1) is 11.7. The smallest absolute Gasteiger partial charge is 0.0741 e. The predicted molar refractivity (Wildman–Crippen MR) is 68.1 cm³/mol. The summed E-state index contributed by atoms with van der Waals surface area (Å²) in [6.45, 7) is 2.05. The first-order valence-corrected chi connectivity index (χ1v) is 6.25. The molecule has 1 aromatic rings. The number of aliphatic hydroxyl groups excluding tert-OH is 1. The Bertz CT molecular complexity index is 367. The van der Waals surface area contributed by atoms with Crippen LogP contribution in [0.1, 0.15) is 31.2 Å². The highest BCUT2D eigenvalue weighted by atomic mass is 35.5. The zero-order chi connectivity index (χ0) is 11.5. The number of anilines is 1. The van der Waals surface area contributed by atoms with Crippen molar-refractivity contribution in [3.63, 3.8) is 0 Å². The molecule has 0 bridgehead atoms. The first-order chi connectivity index (χ1) is 7.66. The molecule has 16 heavy (non-hydrogen) atoms. The maximum Gasteiger partial charge on any atom is 0.0741 e. The molecule has 0 amide bonds. The number of aryl methyl sites for hydroxylation is 1. The molecule has 0 heterocycles. The lowest BCUT2D eigenvalue weighted by Gasteiger charge is -2.29. The molecule has 2 atom stereocenters. The van der Waals surface area contributed by atoms with Crippen molar-refractivity contribution in [2.45, 2.75) is 44.8 Å². The predicted octanol–water partition coefficient (Wildman–Crippen LogP) is 3.36. The van der Waals surface area contributed by atoms with Gasteiger partial charge in [0.05, 0.1) is 12.1 Å². The molecule has 2 N–H and O–H groups in total. The van der Waals surface area contributed by atoms with E-state index in [2.05, 4.69) is 5.32 Å². The standard InChI is InChI=1S/C13H18ClNO/c1-9-6-7-10(14)8-12(9)15-11-4-2-3-5-13(11)16/h6-8,11,13,15-16H,2-5H2,1H3/t11-,13-/m0/s1. The van der Waals surface area contributed by atoms with Crippen LogP contribution in [0.25, 0.3) is 0 Å². The molecule has 3 heteroatoms. The first-order valence-electron chi connectivity index (χ1n) is 5.87. The van der Waals surface area contributed by atoms with Crippen LogP contribution in [0.5, 0.6) is 0 Å². The van der Waals surface area contributed by atoms with E-state index in [1.54, 1.807) is 0 Å². The number of aliphatic hydroxyl groups is 1. The van der Waals surface area contributed by atoms with Crippen molar-refractivity contribution in [1.29, 1.82) is 0 Å². The zero-order valence-electron chi connectivity index (χ0n) is 9.54. The van der Waals surface area contributed by atoms with Gasteiger partial charge >= 0.3 is 0 Å². The van der Waals surface area contributed by atoms with Crippen molar-refractivity contribution in [3.05, 3.63) is 28.8 Å². The Hall–Kier alpha value is -0.730. The van der Waals surface area contributed by atoms with Gasteiger partial charge in [-0.2, -0.15) is 0 Å². The second-order valence-corrected chi connectivity index (χ2v) is 5.00. The van der Waals surface area contributed by atoms with Crippen molar-refractivity contribution < 1.29 is 5.11 Å². The summed E-state index contributed by atoms with van der Waals surface area (Å²) in [7, 11) is 0. The number of hydrogen-bond donors (Lipinski definition) is 2. The molecule has 1 aromatic carbocycles. The summed E-state index contributed by atoms with van der Waals surface area (Å²) in [6.07, 6.45) is 4.03. The van der Waals surface area contributed by atoms with Crippen molar-refractivity contribution in [2.75, 3.05) is 5.32 Å². The molecular formula is C13H18ClNO. The molecule has 0 aliphatic heterocycles. The van der Waals surface area contributed by atoms with Gasteiger partial charge in [0.1, 0.15) is 0 Å². The van der Waals surface area contributed by atoms with Crippen molar-refractivity contribution in [2.24, 2.45) is 0 Å². The summed E-state index contributed by atoms with van der Waals surface area (Å²) in [5.74, 6) is 0. The number of rotatable bonds is 2. The molecule has 0 unspecified atom stereocenters. The third kappa shape index (κ3) is 2.69. The molecular weight excluding hydrogens is 222 g/mol. The van der Waals surface area contributed by atoms with E-state index in [1.165, 1.54) is 12.0 Å². The van der Waals surface area contributed by atoms with Crippen LogP contribution in [0, 0.1) is 6.92 Å². The van der Waals surface area contributed by atoms with Crippen LogP contribution in [0.15, 0.2) is 18.2 Å². The molecule has 1 fully saturated rings. The topological polar surface area (TPSA) is 32.3 Å². The third-order valence-corrected chi connectivity index (χ3v) is 3.51. The van der Waals surface area contributed by atoms with Crippen LogP contribution in [0.4, 0.5) is 5.69 Å². The summed E-state index contributed by atoms with van der Waals surface area (Å²) < 4.78 is 0. The van der Waals surface area contributed by atoms with Gasteiger partial charge < -0.3 is 10.4 Å². The van der Waals surface area contributed by atoms with Gasteiger partial charge in [0.15, 0.2) is 0 Å². The molecule has 0 spiro atoms. The lowest BCUT2D eigenvalue weighted by Crippen LogP contribution is -2.36. The fraction of sp³-hybridized carbons (Fsp3) is 0.538. The van der Waals surface area contributed by atoms with E-state index in [1.807, 2.05) is 25.1 Å². The normalized spacial score (nSPS) is 25.4. The summed E-state index contributed by atoms with van der Waals surface area (Å²) in [5, 5.41) is 14.0. The third-order valence-electron chi connectivity index (χ3n) is 3.27. The maximum absolute atomic E-state index is 9.89. The van der Waals surface area contributed by atoms with Crippen LogP contribution < -0.4 is 5.32 Å². The van der Waals surface area contributed by atoms with E-state index in [0.29, 0.717) is 0 Å². The monoisotopic (exact) mass is 239 g/mol. The van der Waals surface area contributed by atoms with E-state index in [4.69, 9.17) is 11.6 Å². The van der Waals surface area contributed by atoms with Gasteiger partial charge in [-0.25, -0.2) is 0 Å². The van der Waals surface area contributed by atoms with Crippen LogP contribution in [-0.4, -0.2) is 17.3 Å². The lowest BCUT2D eigenvalue weighted by molar-refractivity contribution is 0.116. The van der Waals surface area contributed by atoms with E-state index < -0.39 is 0 Å². The Morgan fingerprint density at radius 1 is 1.31 bits per heavy atom. The van der Waals surface area contributed by atoms with Crippen molar-refractivity contribution >= 4 is 17.3 Å². The largest absolute Gasteiger partial charge is 0.391 e. The van der Waals surface area contributed by atoms with Crippen LogP contribution in [-0.2, 0) is 0 Å². The van der Waals surface area contributed by atoms with Crippen LogP contribution >= 0.6 is 11.6 Å². The molecule has 0 saturated heterocycles. The second kappa shape index (κ2) is 5.07. The minimum absolute atomic E-state index is 0.172. The Balaban J connectivity index is 2.10. The molecule has 2 rings (SSSR count). The molecule has 1 saturated carbocycles. The van der Waals surface area contributed by atoms with Crippen molar-refractivity contribution in [1.82, 2.24) is 0 Å². The van der Waals surface area contributed by atoms with Crippen molar-refractivity contribution in [3.8, 4) is 0 Å². The van der Waals surface area contributed by atoms with Gasteiger partial charge in [0, 0.05) is 10.7 Å². The van der Waals surface area contributed by atoms with E-state index >= 15 is 0 Å². The Kier molecular flexibility index (Phi) is 3.72. The number of nitrogens with one attached hydrogen (secondary N) is 1. The minimum Gasteiger partial charge on any atom is -0.391 e. The quantitative estimate of drug-likeness (QED) is 0.830. The maximum atomic E-state index is 9.89. The van der Waals surface area contributed by atoms with Gasteiger partial charge in [0.2, 0.25) is 0 Å². The summed E-state index contributed by atoms with van der Waals surface area (Å²) in [4.78, 5) is 0. The number of benzene rings is 1. The average Bonchev–Trinajstić information content (AvgIpc) is 2.27. The van der Waals surface area contributed by atoms with Gasteiger partial charge in [-0.1, -0.05) is 30.5 Å². The Morgan fingerprint density at radius 3 is 2.81 bits per heavy atom. The molecule has 1 aliphatic rings. The van der Waals surface area contributed by atoms with Gasteiger partial charge in [-0.05, 0) is 37.5 Å². The highest BCUT2D eigenvalue weighted by molar-refractivity contribution is 6.30. The van der Waals surface area contributed by atoms with Crippen LogP contribution in [0.3, 0.4) is 0 Å². The van der Waals surface area contributed by atoms with E-state index in [-0.39, 0.29) is 12.1 Å².